The monoisotopic (exact) mass is 561 g/mol. The smallest absolute Gasteiger partial charge is 0.0797 e. The maximum absolute atomic E-state index is 4.23. The number of nitrogens with zero attached hydrogens (tertiary/aromatic N) is 3. The van der Waals surface area contributed by atoms with Crippen molar-refractivity contribution in [3.8, 4) is 48.8 Å². The molecule has 0 N–H and O–H groups in total. The zero-order chi connectivity index (χ0) is 27.2. The molecule has 194 valence electrons. The van der Waals surface area contributed by atoms with Gasteiger partial charge in [-0.15, -0.1) is 22.7 Å². The molecule has 3 nitrogen and oxygen atoms in total. The number of thiazole rings is 2. The average molecular weight is 562 g/mol. The van der Waals surface area contributed by atoms with E-state index < -0.39 is 0 Å². The van der Waals surface area contributed by atoms with E-state index in [0.717, 1.165) is 5.69 Å². The van der Waals surface area contributed by atoms with Gasteiger partial charge in [0.25, 0.3) is 0 Å². The Balaban J connectivity index is 1.27. The molecular weight excluding hydrogens is 539 g/mol. The molecule has 0 atom stereocenters. The van der Waals surface area contributed by atoms with Crippen molar-refractivity contribution in [3.63, 3.8) is 0 Å². The van der Waals surface area contributed by atoms with Gasteiger partial charge in [0, 0.05) is 28.9 Å². The van der Waals surface area contributed by atoms with Crippen LogP contribution in [0.2, 0.25) is 0 Å². The average Bonchev–Trinajstić information content (AvgIpc) is 3.82. The summed E-state index contributed by atoms with van der Waals surface area (Å²) < 4.78 is 2.40. The minimum atomic E-state index is 1.16. The summed E-state index contributed by atoms with van der Waals surface area (Å²) in [6.07, 6.45) is 3.85. The van der Waals surface area contributed by atoms with Crippen molar-refractivity contribution < 1.29 is 0 Å². The van der Waals surface area contributed by atoms with E-state index >= 15 is 0 Å². The van der Waals surface area contributed by atoms with E-state index in [1.54, 1.807) is 22.7 Å². The number of aromatic nitrogens is 3. The Labute approximate surface area is 245 Å². The highest BCUT2D eigenvalue weighted by atomic mass is 32.1. The molecule has 0 aliphatic rings. The molecule has 5 aromatic carbocycles. The maximum Gasteiger partial charge on any atom is 0.0797 e. The molecule has 0 saturated carbocycles. The molecule has 0 spiro atoms. The Morgan fingerprint density at radius 2 is 0.878 bits per heavy atom. The number of hydrogen-bond acceptors (Lipinski definition) is 4. The topological polar surface area (TPSA) is 30.7 Å². The Kier molecular flexibility index (Phi) is 5.83. The first-order chi connectivity index (χ1) is 20.3. The molecule has 0 amide bonds. The van der Waals surface area contributed by atoms with Crippen LogP contribution in [0, 0.1) is 0 Å². The molecule has 0 aliphatic carbocycles. The molecule has 8 aromatic rings. The number of fused-ring (bicyclic) bond motifs is 3. The predicted molar refractivity (Wildman–Crippen MR) is 174 cm³/mol. The summed E-state index contributed by atoms with van der Waals surface area (Å²) in [7, 11) is 0. The number of benzene rings is 5. The van der Waals surface area contributed by atoms with Gasteiger partial charge in [0.15, 0.2) is 0 Å². The van der Waals surface area contributed by atoms with Crippen LogP contribution in [0.1, 0.15) is 0 Å². The third kappa shape index (κ3) is 4.27. The lowest BCUT2D eigenvalue weighted by molar-refractivity contribution is 1.18. The molecule has 8 rings (SSSR count). The van der Waals surface area contributed by atoms with Crippen molar-refractivity contribution in [2.75, 3.05) is 0 Å². The summed E-state index contributed by atoms with van der Waals surface area (Å²) >= 11 is 3.33. The van der Waals surface area contributed by atoms with Crippen LogP contribution in [0.25, 0.3) is 70.6 Å². The van der Waals surface area contributed by atoms with Gasteiger partial charge < -0.3 is 4.57 Å². The van der Waals surface area contributed by atoms with Crippen molar-refractivity contribution in [2.24, 2.45) is 0 Å². The zero-order valence-corrected chi connectivity index (χ0v) is 23.6. The van der Waals surface area contributed by atoms with E-state index in [2.05, 4.69) is 130 Å². The van der Waals surface area contributed by atoms with E-state index in [1.165, 1.54) is 64.9 Å². The first-order valence-electron chi connectivity index (χ1n) is 13.4. The largest absolute Gasteiger partial charge is 0.309 e. The minimum absolute atomic E-state index is 1.16. The molecule has 0 unspecified atom stereocenters. The number of rotatable bonds is 5. The SMILES string of the molecule is c1ccc(-n2c3cc(-c4ccc(-c5cncs5)cc4)ccc3c3ccc(-c4ccc(-c5cncs5)cc4)cc32)cc1. The van der Waals surface area contributed by atoms with E-state index in [-0.39, 0.29) is 0 Å². The van der Waals surface area contributed by atoms with Gasteiger partial charge in [-0.2, -0.15) is 0 Å². The minimum Gasteiger partial charge on any atom is -0.309 e. The summed E-state index contributed by atoms with van der Waals surface area (Å²) in [6.45, 7) is 0. The van der Waals surface area contributed by atoms with Gasteiger partial charge in [-0.1, -0.05) is 91.0 Å². The summed E-state index contributed by atoms with van der Waals surface area (Å²) in [5.41, 5.74) is 14.5. The quantitative estimate of drug-likeness (QED) is 0.209. The molecule has 3 aromatic heterocycles. The lowest BCUT2D eigenvalue weighted by Crippen LogP contribution is -1.93. The fraction of sp³-hybridized carbons (Fsp3) is 0. The zero-order valence-electron chi connectivity index (χ0n) is 21.9. The number of para-hydroxylation sites is 1. The molecule has 0 radical (unpaired) electrons. The second kappa shape index (κ2) is 9.97. The van der Waals surface area contributed by atoms with Crippen LogP contribution in [-0.4, -0.2) is 14.5 Å². The molecule has 0 fully saturated rings. The Morgan fingerprint density at radius 1 is 0.439 bits per heavy atom. The molecular formula is C36H23N3S2. The number of hydrogen-bond donors (Lipinski definition) is 0. The lowest BCUT2D eigenvalue weighted by Gasteiger charge is -2.10. The molecule has 0 saturated heterocycles. The van der Waals surface area contributed by atoms with Crippen molar-refractivity contribution in [1.82, 2.24) is 14.5 Å². The standard InChI is InChI=1S/C36H23N3S2/c1-2-4-30(5-3-1)39-33-18-28(24-6-10-26(11-7-24)35-20-37-22-40-35)14-16-31(33)32-17-15-29(19-34(32)39)25-8-12-27(13-9-25)36-21-38-23-41-36/h1-23H. The molecule has 41 heavy (non-hydrogen) atoms. The van der Waals surface area contributed by atoms with Gasteiger partial charge in [-0.25, -0.2) is 0 Å². The van der Waals surface area contributed by atoms with Crippen molar-refractivity contribution in [3.05, 3.63) is 139 Å². The molecule has 3 heterocycles. The van der Waals surface area contributed by atoms with Gasteiger partial charge in [-0.3, -0.25) is 9.97 Å². The Bertz CT molecular complexity index is 1970. The van der Waals surface area contributed by atoms with Crippen LogP contribution >= 0.6 is 22.7 Å². The summed E-state index contributed by atoms with van der Waals surface area (Å²) in [6, 6.07) is 41.9. The van der Waals surface area contributed by atoms with E-state index in [4.69, 9.17) is 0 Å². The van der Waals surface area contributed by atoms with Crippen LogP contribution in [-0.2, 0) is 0 Å². The van der Waals surface area contributed by atoms with E-state index in [1.807, 2.05) is 23.4 Å². The molecule has 5 heteroatoms. The highest BCUT2D eigenvalue weighted by molar-refractivity contribution is 7.13. The maximum atomic E-state index is 4.23. The van der Waals surface area contributed by atoms with Gasteiger partial charge in [0.1, 0.15) is 0 Å². The summed E-state index contributed by atoms with van der Waals surface area (Å²) in [5.74, 6) is 0. The third-order valence-electron chi connectivity index (χ3n) is 7.65. The third-order valence-corrected chi connectivity index (χ3v) is 9.30. The first kappa shape index (κ1) is 24.0. The predicted octanol–water partition coefficient (Wildman–Crippen LogP) is 10.4. The van der Waals surface area contributed by atoms with Crippen LogP contribution < -0.4 is 0 Å². The fourth-order valence-corrected chi connectivity index (χ4v) is 6.86. The lowest BCUT2D eigenvalue weighted by atomic mass is 10.0. The van der Waals surface area contributed by atoms with Gasteiger partial charge in [0.2, 0.25) is 0 Å². The fourth-order valence-electron chi connectivity index (χ4n) is 5.60. The Morgan fingerprint density at radius 3 is 1.32 bits per heavy atom. The second-order valence-corrected chi connectivity index (χ2v) is 11.8. The van der Waals surface area contributed by atoms with Gasteiger partial charge >= 0.3 is 0 Å². The van der Waals surface area contributed by atoms with E-state index in [0.29, 0.717) is 0 Å². The van der Waals surface area contributed by atoms with Gasteiger partial charge in [0.05, 0.1) is 31.8 Å². The van der Waals surface area contributed by atoms with Crippen molar-refractivity contribution in [2.45, 2.75) is 0 Å². The highest BCUT2D eigenvalue weighted by Crippen LogP contribution is 2.38. The second-order valence-electron chi connectivity index (χ2n) is 10.0. The van der Waals surface area contributed by atoms with Gasteiger partial charge in [-0.05, 0) is 57.6 Å². The summed E-state index contributed by atoms with van der Waals surface area (Å²) in [4.78, 5) is 10.8. The van der Waals surface area contributed by atoms with Crippen LogP contribution in [0.3, 0.4) is 0 Å². The Hall–Kier alpha value is -4.84. The van der Waals surface area contributed by atoms with Crippen molar-refractivity contribution >= 4 is 44.5 Å². The van der Waals surface area contributed by atoms with Crippen LogP contribution in [0.4, 0.5) is 0 Å². The molecule has 0 bridgehead atoms. The highest BCUT2D eigenvalue weighted by Gasteiger charge is 2.15. The first-order valence-corrected chi connectivity index (χ1v) is 15.2. The van der Waals surface area contributed by atoms with Crippen molar-refractivity contribution in [1.29, 1.82) is 0 Å². The van der Waals surface area contributed by atoms with Crippen LogP contribution in [0.15, 0.2) is 139 Å². The molecule has 0 aliphatic heterocycles. The van der Waals surface area contributed by atoms with Crippen LogP contribution in [0.5, 0.6) is 0 Å². The normalized spacial score (nSPS) is 11.4. The van der Waals surface area contributed by atoms with E-state index in [9.17, 15) is 0 Å². The summed E-state index contributed by atoms with van der Waals surface area (Å²) in [5, 5.41) is 2.50.